The van der Waals surface area contributed by atoms with Crippen molar-refractivity contribution in [2.75, 3.05) is 12.3 Å². The van der Waals surface area contributed by atoms with Crippen molar-refractivity contribution >= 4 is 23.5 Å². The summed E-state index contributed by atoms with van der Waals surface area (Å²) >= 11 is 0. The molecule has 5 N–H and O–H groups in total. The van der Waals surface area contributed by atoms with Gasteiger partial charge in [-0.2, -0.15) is 4.98 Å². The molecule has 118 valence electrons. The van der Waals surface area contributed by atoms with Crippen LogP contribution in [0.2, 0.25) is 0 Å². The second-order valence-corrected chi connectivity index (χ2v) is 4.80. The Morgan fingerprint density at radius 1 is 1.41 bits per heavy atom. The fourth-order valence-corrected chi connectivity index (χ4v) is 2.46. The quantitative estimate of drug-likeness (QED) is 0.427. The minimum Gasteiger partial charge on any atom is -0.394 e. The molecule has 1 aliphatic heterocycles. The molecule has 0 bridgehead atoms. The number of hydrogen-bond donors (Lipinski definition) is 4. The lowest BCUT2D eigenvalue weighted by atomic mass is 10.1. The van der Waals surface area contributed by atoms with E-state index < -0.39 is 36.7 Å². The monoisotopic (exact) mass is 311 g/mol. The van der Waals surface area contributed by atoms with Gasteiger partial charge < -0.3 is 25.8 Å². The summed E-state index contributed by atoms with van der Waals surface area (Å²) in [7, 11) is 0. The average Bonchev–Trinajstić information content (AvgIpc) is 3.03. The standard InChI is InChI=1S/C11H13N5O6/c12-11-14-8(21)5-9(16(11)3-18)15(2-13-5)10-7(20)6(19)4(1-17)22-10/h2-4,6-7,10,17,19-20H,1H2,(H2,12,14,21). The zero-order valence-electron chi connectivity index (χ0n) is 11.1. The molecule has 1 saturated heterocycles. The summed E-state index contributed by atoms with van der Waals surface area (Å²) in [6, 6.07) is 0. The van der Waals surface area contributed by atoms with Crippen LogP contribution in [0.15, 0.2) is 11.1 Å². The van der Waals surface area contributed by atoms with Gasteiger partial charge in [0.2, 0.25) is 12.4 Å². The van der Waals surface area contributed by atoms with Gasteiger partial charge in [0.1, 0.15) is 18.3 Å². The number of aliphatic hydroxyl groups is 3. The third kappa shape index (κ3) is 1.91. The van der Waals surface area contributed by atoms with Gasteiger partial charge >= 0.3 is 5.56 Å². The molecular weight excluding hydrogens is 298 g/mol. The molecule has 3 heterocycles. The third-order valence-corrected chi connectivity index (χ3v) is 3.56. The molecule has 3 rings (SSSR count). The van der Waals surface area contributed by atoms with Crippen LogP contribution in [0, 0.1) is 0 Å². The molecule has 0 aliphatic carbocycles. The largest absolute Gasteiger partial charge is 0.394 e. The number of ether oxygens (including phenoxy) is 1. The summed E-state index contributed by atoms with van der Waals surface area (Å²) in [6.45, 7) is -0.508. The molecule has 0 saturated carbocycles. The van der Waals surface area contributed by atoms with Crippen LogP contribution in [0.1, 0.15) is 6.23 Å². The van der Waals surface area contributed by atoms with Crippen LogP contribution >= 0.6 is 0 Å². The van der Waals surface area contributed by atoms with E-state index in [9.17, 15) is 19.8 Å². The fraction of sp³-hybridized carbons (Fsp3) is 0.455. The Hall–Kier alpha value is -2.34. The van der Waals surface area contributed by atoms with Gasteiger partial charge in [-0.25, -0.2) is 9.55 Å². The zero-order valence-corrected chi connectivity index (χ0v) is 11.1. The van der Waals surface area contributed by atoms with Crippen molar-refractivity contribution in [2.24, 2.45) is 0 Å². The lowest BCUT2D eigenvalue weighted by Crippen LogP contribution is -2.33. The first-order chi connectivity index (χ1) is 10.5. The number of nitrogen functional groups attached to an aromatic ring is 1. The first-order valence-corrected chi connectivity index (χ1v) is 6.32. The number of nitrogens with two attached hydrogens (primary N) is 1. The van der Waals surface area contributed by atoms with Crippen molar-refractivity contribution < 1.29 is 24.9 Å². The van der Waals surface area contributed by atoms with Crippen LogP contribution in [0.4, 0.5) is 5.95 Å². The lowest BCUT2D eigenvalue weighted by molar-refractivity contribution is -0.0511. The Morgan fingerprint density at radius 2 is 2.14 bits per heavy atom. The van der Waals surface area contributed by atoms with Crippen molar-refractivity contribution in [1.82, 2.24) is 19.1 Å². The lowest BCUT2D eigenvalue weighted by Gasteiger charge is -2.18. The highest BCUT2D eigenvalue weighted by Gasteiger charge is 2.44. The molecule has 0 spiro atoms. The third-order valence-electron chi connectivity index (χ3n) is 3.56. The molecule has 0 radical (unpaired) electrons. The summed E-state index contributed by atoms with van der Waals surface area (Å²) in [4.78, 5) is 30.3. The number of carbonyl (C=O) groups is 1. The van der Waals surface area contributed by atoms with E-state index in [1.165, 1.54) is 4.57 Å². The van der Waals surface area contributed by atoms with Gasteiger partial charge in [0.05, 0.1) is 12.9 Å². The number of aromatic nitrogens is 4. The van der Waals surface area contributed by atoms with Crippen molar-refractivity contribution in [3.63, 3.8) is 0 Å². The van der Waals surface area contributed by atoms with Crippen molar-refractivity contribution in [1.29, 1.82) is 0 Å². The van der Waals surface area contributed by atoms with Crippen LogP contribution in [-0.4, -0.2) is 65.8 Å². The maximum Gasteiger partial charge on any atom is 0.302 e. The van der Waals surface area contributed by atoms with Crippen LogP contribution < -0.4 is 11.3 Å². The van der Waals surface area contributed by atoms with E-state index in [0.29, 0.717) is 6.41 Å². The molecule has 4 unspecified atom stereocenters. The number of carbonyl (C=O) groups excluding carboxylic acids is 1. The molecule has 2 aromatic rings. The second kappa shape index (κ2) is 5.14. The van der Waals surface area contributed by atoms with Crippen LogP contribution in [0.3, 0.4) is 0 Å². The predicted molar refractivity (Wildman–Crippen MR) is 71.4 cm³/mol. The maximum absolute atomic E-state index is 11.8. The molecule has 1 fully saturated rings. The van der Waals surface area contributed by atoms with E-state index >= 15 is 0 Å². The Bertz CT molecular complexity index is 785. The average molecular weight is 311 g/mol. The highest BCUT2D eigenvalue weighted by atomic mass is 16.6. The Morgan fingerprint density at radius 3 is 2.73 bits per heavy atom. The molecular formula is C11H13N5O6. The van der Waals surface area contributed by atoms with E-state index in [-0.39, 0.29) is 17.1 Å². The topological polar surface area (TPSA) is 166 Å². The van der Waals surface area contributed by atoms with Gasteiger partial charge in [0.15, 0.2) is 17.4 Å². The van der Waals surface area contributed by atoms with Crippen LogP contribution in [0.25, 0.3) is 11.2 Å². The van der Waals surface area contributed by atoms with E-state index in [4.69, 9.17) is 15.6 Å². The minimum absolute atomic E-state index is 0.0256. The Balaban J connectivity index is 2.21. The van der Waals surface area contributed by atoms with E-state index in [1.54, 1.807) is 0 Å². The van der Waals surface area contributed by atoms with Gasteiger partial charge in [-0.15, -0.1) is 0 Å². The summed E-state index contributed by atoms with van der Waals surface area (Å²) < 4.78 is 7.41. The van der Waals surface area contributed by atoms with E-state index in [1.807, 2.05) is 0 Å². The Kier molecular flexibility index (Phi) is 3.41. The molecule has 22 heavy (non-hydrogen) atoms. The zero-order chi connectivity index (χ0) is 16.0. The SMILES string of the molecule is Nc1nc(=O)c2ncn(C3OC(CO)C(O)C3O)c2n1C=O. The molecule has 0 aromatic carbocycles. The van der Waals surface area contributed by atoms with Crippen LogP contribution in [0.5, 0.6) is 0 Å². The fourth-order valence-electron chi connectivity index (χ4n) is 2.46. The smallest absolute Gasteiger partial charge is 0.302 e. The first-order valence-electron chi connectivity index (χ1n) is 6.32. The number of anilines is 1. The molecule has 11 nitrogen and oxygen atoms in total. The maximum atomic E-state index is 11.8. The summed E-state index contributed by atoms with van der Waals surface area (Å²) in [5.41, 5.74) is 4.62. The molecule has 4 atom stereocenters. The van der Waals surface area contributed by atoms with Crippen LogP contribution in [-0.2, 0) is 9.53 Å². The highest BCUT2D eigenvalue weighted by molar-refractivity contribution is 5.79. The van der Waals surface area contributed by atoms with Gasteiger partial charge in [-0.3, -0.25) is 14.2 Å². The number of imidazole rings is 1. The normalized spacial score (nSPS) is 28.3. The number of fused-ring (bicyclic) bond motifs is 1. The molecule has 2 aromatic heterocycles. The Labute approximate surface area is 122 Å². The summed E-state index contributed by atoms with van der Waals surface area (Å²) in [6.07, 6.45) is -3.38. The first kappa shape index (κ1) is 14.6. The number of nitrogens with zero attached hydrogens (tertiary/aromatic N) is 4. The second-order valence-electron chi connectivity index (χ2n) is 4.80. The van der Waals surface area contributed by atoms with E-state index in [2.05, 4.69) is 9.97 Å². The molecule has 0 amide bonds. The van der Waals surface area contributed by atoms with Crippen molar-refractivity contribution in [3.8, 4) is 0 Å². The number of aliphatic hydroxyl groups excluding tert-OH is 3. The van der Waals surface area contributed by atoms with Gasteiger partial charge in [0, 0.05) is 0 Å². The van der Waals surface area contributed by atoms with E-state index in [0.717, 1.165) is 10.9 Å². The van der Waals surface area contributed by atoms with Gasteiger partial charge in [0.25, 0.3) is 0 Å². The summed E-state index contributed by atoms with van der Waals surface area (Å²) in [5, 5.41) is 28.9. The van der Waals surface area contributed by atoms with Gasteiger partial charge in [-0.1, -0.05) is 0 Å². The van der Waals surface area contributed by atoms with Crippen molar-refractivity contribution in [2.45, 2.75) is 24.5 Å². The number of rotatable bonds is 3. The summed E-state index contributed by atoms with van der Waals surface area (Å²) in [5.74, 6) is -0.346. The number of hydrogen-bond acceptors (Lipinski definition) is 9. The van der Waals surface area contributed by atoms with Crippen molar-refractivity contribution in [3.05, 3.63) is 16.7 Å². The van der Waals surface area contributed by atoms with Gasteiger partial charge in [-0.05, 0) is 0 Å². The highest BCUT2D eigenvalue weighted by Crippen LogP contribution is 2.31. The molecule has 1 aliphatic rings. The predicted octanol–water partition coefficient (Wildman–Crippen LogP) is -3.17. The minimum atomic E-state index is -1.39. The molecule has 11 heteroatoms.